The van der Waals surface area contributed by atoms with Gasteiger partial charge in [0.15, 0.2) is 5.96 Å². The first-order valence-corrected chi connectivity index (χ1v) is 7.09. The second-order valence-electron chi connectivity index (χ2n) is 4.64. The molecular formula is C15H21N5O2. The molecular weight excluding hydrogens is 282 g/mol. The Morgan fingerprint density at radius 1 is 1.36 bits per heavy atom. The summed E-state index contributed by atoms with van der Waals surface area (Å²) in [5.41, 5.74) is 0.907. The summed E-state index contributed by atoms with van der Waals surface area (Å²) < 4.78 is 11.0. The predicted octanol–water partition coefficient (Wildman–Crippen LogP) is 1.43. The molecule has 0 bridgehead atoms. The molecule has 7 nitrogen and oxygen atoms in total. The van der Waals surface area contributed by atoms with E-state index in [1.807, 2.05) is 26.0 Å². The molecule has 0 saturated carbocycles. The summed E-state index contributed by atoms with van der Waals surface area (Å²) in [5.74, 6) is 2.90. The van der Waals surface area contributed by atoms with Crippen LogP contribution in [0.25, 0.3) is 0 Å². The average molecular weight is 303 g/mol. The Morgan fingerprint density at radius 2 is 2.23 bits per heavy atom. The number of ether oxygens (including phenoxy) is 1. The number of guanidine groups is 1. The SMILES string of the molecule is CN=C(NCCOc1cccnc1)NCc1nc(C)c(C)o1. The van der Waals surface area contributed by atoms with E-state index in [0.29, 0.717) is 31.5 Å². The first-order chi connectivity index (χ1) is 10.7. The fourth-order valence-electron chi connectivity index (χ4n) is 1.77. The van der Waals surface area contributed by atoms with Gasteiger partial charge in [-0.15, -0.1) is 0 Å². The second-order valence-corrected chi connectivity index (χ2v) is 4.64. The molecule has 0 aliphatic rings. The van der Waals surface area contributed by atoms with Crippen LogP contribution >= 0.6 is 0 Å². The van der Waals surface area contributed by atoms with E-state index in [1.165, 1.54) is 0 Å². The lowest BCUT2D eigenvalue weighted by molar-refractivity contribution is 0.320. The van der Waals surface area contributed by atoms with Crippen molar-refractivity contribution >= 4 is 5.96 Å². The van der Waals surface area contributed by atoms with Gasteiger partial charge in [-0.2, -0.15) is 0 Å². The summed E-state index contributed by atoms with van der Waals surface area (Å²) >= 11 is 0. The Balaban J connectivity index is 1.69. The summed E-state index contributed by atoms with van der Waals surface area (Å²) in [6, 6.07) is 3.71. The van der Waals surface area contributed by atoms with Gasteiger partial charge in [-0.05, 0) is 26.0 Å². The van der Waals surface area contributed by atoms with E-state index in [1.54, 1.807) is 19.4 Å². The van der Waals surface area contributed by atoms with E-state index in [-0.39, 0.29) is 0 Å². The number of oxazole rings is 1. The van der Waals surface area contributed by atoms with Gasteiger partial charge in [0.25, 0.3) is 0 Å². The van der Waals surface area contributed by atoms with Gasteiger partial charge in [-0.3, -0.25) is 9.98 Å². The predicted molar refractivity (Wildman–Crippen MR) is 83.9 cm³/mol. The zero-order valence-corrected chi connectivity index (χ0v) is 13.1. The number of aryl methyl sites for hydroxylation is 2. The molecule has 118 valence electrons. The van der Waals surface area contributed by atoms with Crippen molar-refractivity contribution in [1.29, 1.82) is 0 Å². The monoisotopic (exact) mass is 303 g/mol. The van der Waals surface area contributed by atoms with Gasteiger partial charge in [-0.25, -0.2) is 4.98 Å². The molecule has 0 fully saturated rings. The highest BCUT2D eigenvalue weighted by molar-refractivity contribution is 5.79. The van der Waals surface area contributed by atoms with Gasteiger partial charge in [0.1, 0.15) is 18.1 Å². The van der Waals surface area contributed by atoms with Crippen LogP contribution in [-0.2, 0) is 6.54 Å². The van der Waals surface area contributed by atoms with Gasteiger partial charge in [0.2, 0.25) is 5.89 Å². The molecule has 0 amide bonds. The highest BCUT2D eigenvalue weighted by Gasteiger charge is 2.06. The van der Waals surface area contributed by atoms with Gasteiger partial charge < -0.3 is 19.8 Å². The average Bonchev–Trinajstić information content (AvgIpc) is 2.86. The van der Waals surface area contributed by atoms with Crippen molar-refractivity contribution in [2.24, 2.45) is 4.99 Å². The number of rotatable bonds is 6. The fourth-order valence-corrected chi connectivity index (χ4v) is 1.77. The normalized spacial score (nSPS) is 11.3. The molecule has 0 radical (unpaired) electrons. The number of nitrogens with one attached hydrogen (secondary N) is 2. The van der Waals surface area contributed by atoms with E-state index in [2.05, 4.69) is 25.6 Å². The fraction of sp³-hybridized carbons (Fsp3) is 0.400. The molecule has 2 aromatic heterocycles. The van der Waals surface area contributed by atoms with Gasteiger partial charge in [0, 0.05) is 13.2 Å². The number of aliphatic imine (C=N–C) groups is 1. The molecule has 22 heavy (non-hydrogen) atoms. The maximum atomic E-state index is 5.54. The van der Waals surface area contributed by atoms with Crippen LogP contribution in [0.1, 0.15) is 17.3 Å². The third-order valence-electron chi connectivity index (χ3n) is 3.00. The lowest BCUT2D eigenvalue weighted by Gasteiger charge is -2.11. The van der Waals surface area contributed by atoms with Gasteiger partial charge >= 0.3 is 0 Å². The van der Waals surface area contributed by atoms with Crippen LogP contribution in [0, 0.1) is 13.8 Å². The zero-order chi connectivity index (χ0) is 15.8. The van der Waals surface area contributed by atoms with Crippen LogP contribution in [0.3, 0.4) is 0 Å². The second kappa shape index (κ2) is 8.02. The molecule has 0 aliphatic heterocycles. The molecule has 2 heterocycles. The number of hydrogen-bond donors (Lipinski definition) is 2. The third-order valence-corrected chi connectivity index (χ3v) is 3.00. The Bertz CT molecular complexity index is 590. The van der Waals surface area contributed by atoms with E-state index >= 15 is 0 Å². The van der Waals surface area contributed by atoms with Crippen LogP contribution in [0.4, 0.5) is 0 Å². The molecule has 2 aromatic rings. The third kappa shape index (κ3) is 4.76. The van der Waals surface area contributed by atoms with E-state index in [0.717, 1.165) is 17.2 Å². The van der Waals surface area contributed by atoms with E-state index in [4.69, 9.17) is 9.15 Å². The minimum Gasteiger partial charge on any atom is -0.490 e. The van der Waals surface area contributed by atoms with Crippen LogP contribution < -0.4 is 15.4 Å². The number of aromatic nitrogens is 2. The molecule has 2 N–H and O–H groups in total. The first-order valence-electron chi connectivity index (χ1n) is 7.09. The summed E-state index contributed by atoms with van der Waals surface area (Å²) in [6.45, 7) is 5.44. The van der Waals surface area contributed by atoms with E-state index < -0.39 is 0 Å². The number of nitrogens with zero attached hydrogens (tertiary/aromatic N) is 3. The Hall–Kier alpha value is -2.57. The van der Waals surface area contributed by atoms with Crippen LogP contribution in [0.5, 0.6) is 5.75 Å². The molecule has 0 unspecified atom stereocenters. The van der Waals surface area contributed by atoms with Crippen molar-refractivity contribution in [3.8, 4) is 5.75 Å². The van der Waals surface area contributed by atoms with Crippen molar-refractivity contribution in [3.63, 3.8) is 0 Å². The van der Waals surface area contributed by atoms with Crippen LogP contribution in [0.15, 0.2) is 33.9 Å². The number of hydrogen-bond acceptors (Lipinski definition) is 5. The maximum Gasteiger partial charge on any atom is 0.214 e. The van der Waals surface area contributed by atoms with Crippen LogP contribution in [0.2, 0.25) is 0 Å². The molecule has 0 spiro atoms. The minimum absolute atomic E-state index is 0.484. The van der Waals surface area contributed by atoms with Crippen molar-refractivity contribution in [3.05, 3.63) is 41.9 Å². The van der Waals surface area contributed by atoms with Crippen LogP contribution in [-0.4, -0.2) is 36.1 Å². The highest BCUT2D eigenvalue weighted by Crippen LogP contribution is 2.07. The number of pyridine rings is 1. The molecule has 0 aromatic carbocycles. The van der Waals surface area contributed by atoms with Crippen molar-refractivity contribution in [2.45, 2.75) is 20.4 Å². The topological polar surface area (TPSA) is 84.6 Å². The minimum atomic E-state index is 0.484. The summed E-state index contributed by atoms with van der Waals surface area (Å²) in [4.78, 5) is 12.4. The lowest BCUT2D eigenvalue weighted by Crippen LogP contribution is -2.38. The Labute approximate surface area is 129 Å². The Kier molecular flexibility index (Phi) is 5.76. The molecule has 0 atom stereocenters. The summed E-state index contributed by atoms with van der Waals surface area (Å²) in [7, 11) is 1.71. The van der Waals surface area contributed by atoms with Crippen molar-refractivity contribution in [1.82, 2.24) is 20.6 Å². The lowest BCUT2D eigenvalue weighted by atomic mass is 10.4. The first kappa shape index (κ1) is 15.8. The largest absolute Gasteiger partial charge is 0.490 e. The standard InChI is InChI=1S/C15H21N5O2/c1-11-12(2)22-14(20-11)10-19-15(16-3)18-7-8-21-13-5-4-6-17-9-13/h4-6,9H,7-8,10H2,1-3H3,(H2,16,18,19). The Morgan fingerprint density at radius 3 is 2.86 bits per heavy atom. The smallest absolute Gasteiger partial charge is 0.214 e. The molecule has 0 aliphatic carbocycles. The van der Waals surface area contributed by atoms with Crippen molar-refractivity contribution in [2.75, 3.05) is 20.2 Å². The quantitative estimate of drug-likeness (QED) is 0.477. The summed E-state index contributed by atoms with van der Waals surface area (Å²) in [6.07, 6.45) is 3.39. The molecule has 2 rings (SSSR count). The summed E-state index contributed by atoms with van der Waals surface area (Å²) in [5, 5.41) is 6.30. The highest BCUT2D eigenvalue weighted by atomic mass is 16.5. The van der Waals surface area contributed by atoms with E-state index in [9.17, 15) is 0 Å². The maximum absolute atomic E-state index is 5.54. The van der Waals surface area contributed by atoms with Gasteiger partial charge in [-0.1, -0.05) is 0 Å². The molecule has 7 heteroatoms. The zero-order valence-electron chi connectivity index (χ0n) is 13.1. The van der Waals surface area contributed by atoms with Gasteiger partial charge in [0.05, 0.1) is 25.0 Å². The molecule has 0 saturated heterocycles. The van der Waals surface area contributed by atoms with Crippen molar-refractivity contribution < 1.29 is 9.15 Å².